The van der Waals surface area contributed by atoms with Gasteiger partial charge in [0, 0.05) is 45.2 Å². The molecule has 0 bridgehead atoms. The molecule has 0 saturated carbocycles. The molecule has 0 aliphatic carbocycles. The second kappa shape index (κ2) is 15.3. The van der Waals surface area contributed by atoms with Gasteiger partial charge in [0.2, 0.25) is 0 Å². The first-order valence-electron chi connectivity index (χ1n) is 21.5. The molecule has 11 aromatic rings. The quantitative estimate of drug-likeness (QED) is 0.152. The Morgan fingerprint density at radius 1 is 0.286 bits per heavy atom. The van der Waals surface area contributed by atoms with Gasteiger partial charge in [0.05, 0.1) is 11.4 Å². The third kappa shape index (κ3) is 6.46. The Bertz CT molecular complexity index is 3470. The van der Waals surface area contributed by atoms with E-state index in [2.05, 4.69) is 252 Å². The summed E-state index contributed by atoms with van der Waals surface area (Å²) in [5.74, 6) is 1.64. The van der Waals surface area contributed by atoms with Gasteiger partial charge in [0.15, 0.2) is 5.75 Å². The van der Waals surface area contributed by atoms with Crippen LogP contribution in [0.3, 0.4) is 0 Å². The van der Waals surface area contributed by atoms with Crippen LogP contribution in [-0.2, 0) is 0 Å². The minimum Gasteiger partial charge on any atom is -0.454 e. The number of hydrogen-bond donors (Lipinski definition) is 0. The lowest BCUT2D eigenvalue weighted by Gasteiger charge is -2.32. The molecule has 1 aliphatic heterocycles. The van der Waals surface area contributed by atoms with Gasteiger partial charge < -0.3 is 14.5 Å². The van der Waals surface area contributed by atoms with Gasteiger partial charge in [-0.25, -0.2) is 0 Å². The van der Waals surface area contributed by atoms with E-state index in [1.165, 1.54) is 43.8 Å². The van der Waals surface area contributed by atoms with Crippen LogP contribution in [0.4, 0.5) is 34.1 Å². The summed E-state index contributed by atoms with van der Waals surface area (Å²) in [6, 6.07) is 87.0. The largest absolute Gasteiger partial charge is 0.454 e. The molecular weight excluding hydrogens is 765 g/mol. The lowest BCUT2D eigenvalue weighted by molar-refractivity contribution is 0.488. The van der Waals surface area contributed by atoms with Gasteiger partial charge in [-0.2, -0.15) is 0 Å². The Labute approximate surface area is 367 Å². The Kier molecular flexibility index (Phi) is 8.83. The lowest BCUT2D eigenvalue weighted by Crippen LogP contribution is -2.13. The second-order valence-electron chi connectivity index (χ2n) is 16.1. The second-order valence-corrected chi connectivity index (χ2v) is 16.1. The molecule has 0 amide bonds. The fraction of sp³-hybridized carbons (Fsp3) is 0. The van der Waals surface area contributed by atoms with Crippen molar-refractivity contribution in [2.45, 2.75) is 0 Å². The predicted molar refractivity (Wildman–Crippen MR) is 265 cm³/mol. The van der Waals surface area contributed by atoms with Crippen LogP contribution in [0.15, 0.2) is 243 Å². The van der Waals surface area contributed by atoms with Crippen molar-refractivity contribution < 1.29 is 4.74 Å². The van der Waals surface area contributed by atoms with E-state index in [1.54, 1.807) is 0 Å². The maximum absolute atomic E-state index is 7.34. The summed E-state index contributed by atoms with van der Waals surface area (Å²) < 4.78 is 7.34. The molecule has 1 aliphatic rings. The van der Waals surface area contributed by atoms with Gasteiger partial charge in [-0.1, -0.05) is 176 Å². The van der Waals surface area contributed by atoms with E-state index in [0.717, 1.165) is 67.5 Å². The van der Waals surface area contributed by atoms with E-state index in [-0.39, 0.29) is 0 Å². The smallest absolute Gasteiger partial charge is 0.159 e. The molecule has 0 atom stereocenters. The molecule has 0 N–H and O–H groups in total. The minimum atomic E-state index is 0.809. The Hall–Kier alpha value is -8.40. The van der Waals surface area contributed by atoms with Gasteiger partial charge in [-0.05, 0) is 110 Å². The Morgan fingerprint density at radius 2 is 0.794 bits per heavy atom. The topological polar surface area (TPSA) is 15.7 Å². The summed E-state index contributed by atoms with van der Waals surface area (Å²) in [5, 5.41) is 6.97. The van der Waals surface area contributed by atoms with Crippen LogP contribution in [-0.4, -0.2) is 0 Å². The molecular formula is C60H40N2O. The van der Waals surface area contributed by atoms with Gasteiger partial charge in [-0.3, -0.25) is 0 Å². The first kappa shape index (κ1) is 36.5. The Balaban J connectivity index is 1.02. The number of benzene rings is 11. The normalized spacial score (nSPS) is 11.6. The zero-order valence-corrected chi connectivity index (χ0v) is 34.4. The summed E-state index contributed by atoms with van der Waals surface area (Å²) in [6.07, 6.45) is 0. The number of ether oxygens (including phenoxy) is 1. The van der Waals surface area contributed by atoms with E-state index in [9.17, 15) is 0 Å². The molecule has 11 aromatic carbocycles. The first-order valence-corrected chi connectivity index (χ1v) is 21.5. The fourth-order valence-corrected chi connectivity index (χ4v) is 9.35. The van der Waals surface area contributed by atoms with Crippen molar-refractivity contribution in [3.63, 3.8) is 0 Å². The zero-order chi connectivity index (χ0) is 41.7. The third-order valence-electron chi connectivity index (χ3n) is 12.4. The van der Waals surface area contributed by atoms with Crippen LogP contribution in [0.25, 0.3) is 65.7 Å². The number of nitrogens with zero attached hydrogens (tertiary/aromatic N) is 2. The number of hydrogen-bond acceptors (Lipinski definition) is 3. The highest BCUT2D eigenvalue weighted by molar-refractivity contribution is 6.09. The molecule has 0 radical (unpaired) electrons. The van der Waals surface area contributed by atoms with E-state index in [1.807, 2.05) is 0 Å². The highest BCUT2D eigenvalue weighted by Crippen LogP contribution is 2.54. The molecule has 0 aromatic heterocycles. The highest BCUT2D eigenvalue weighted by atomic mass is 16.5. The third-order valence-corrected chi connectivity index (χ3v) is 12.4. The zero-order valence-electron chi connectivity index (χ0n) is 34.4. The fourth-order valence-electron chi connectivity index (χ4n) is 9.35. The molecule has 0 unspecified atom stereocenters. The minimum absolute atomic E-state index is 0.809. The van der Waals surface area contributed by atoms with Crippen LogP contribution >= 0.6 is 0 Å². The maximum Gasteiger partial charge on any atom is 0.159 e. The highest BCUT2D eigenvalue weighted by Gasteiger charge is 2.28. The molecule has 3 heteroatoms. The number of anilines is 6. The molecule has 0 fully saturated rings. The van der Waals surface area contributed by atoms with E-state index in [4.69, 9.17) is 4.74 Å². The van der Waals surface area contributed by atoms with Crippen LogP contribution in [0, 0.1) is 0 Å². The van der Waals surface area contributed by atoms with Crippen molar-refractivity contribution in [2.24, 2.45) is 0 Å². The summed E-state index contributed by atoms with van der Waals surface area (Å²) in [5.41, 5.74) is 13.2. The Morgan fingerprint density at radius 3 is 1.51 bits per heavy atom. The molecule has 12 rings (SSSR count). The van der Waals surface area contributed by atoms with Crippen molar-refractivity contribution in [1.82, 2.24) is 0 Å². The van der Waals surface area contributed by atoms with Gasteiger partial charge >= 0.3 is 0 Å². The van der Waals surface area contributed by atoms with E-state index >= 15 is 0 Å². The van der Waals surface area contributed by atoms with Crippen molar-refractivity contribution in [2.75, 3.05) is 9.80 Å². The van der Waals surface area contributed by atoms with Crippen molar-refractivity contribution in [1.29, 1.82) is 0 Å². The van der Waals surface area contributed by atoms with E-state index < -0.39 is 0 Å². The van der Waals surface area contributed by atoms with E-state index in [0.29, 0.717) is 0 Å². The molecule has 1 heterocycles. The van der Waals surface area contributed by atoms with Crippen molar-refractivity contribution in [3.8, 4) is 44.9 Å². The first-order chi connectivity index (χ1) is 31.2. The van der Waals surface area contributed by atoms with Crippen LogP contribution < -0.4 is 14.5 Å². The average molecular weight is 805 g/mol. The van der Waals surface area contributed by atoms with Gasteiger partial charge in [-0.15, -0.1) is 0 Å². The maximum atomic E-state index is 7.34. The predicted octanol–water partition coefficient (Wildman–Crippen LogP) is 17.2. The molecule has 0 saturated heterocycles. The molecule has 0 spiro atoms. The van der Waals surface area contributed by atoms with Crippen LogP contribution in [0.5, 0.6) is 11.5 Å². The summed E-state index contributed by atoms with van der Waals surface area (Å²) in [7, 11) is 0. The monoisotopic (exact) mass is 804 g/mol. The van der Waals surface area contributed by atoms with Crippen LogP contribution in [0.1, 0.15) is 0 Å². The number of rotatable bonds is 8. The molecule has 3 nitrogen and oxygen atoms in total. The summed E-state index contributed by atoms with van der Waals surface area (Å²) in [4.78, 5) is 4.71. The number of fused-ring (bicyclic) bond motifs is 4. The SMILES string of the molecule is c1ccc(-c2ccc(N(c3ccc4ccccc4c3)c3ccc4cccc5c4c3Oc3cc(N(c4ccc(-c6ccccc6)cc4)c4cccc6ccccc46)ccc3-5)cc2)cc1. The van der Waals surface area contributed by atoms with Crippen molar-refractivity contribution in [3.05, 3.63) is 243 Å². The molecule has 63 heavy (non-hydrogen) atoms. The lowest BCUT2D eigenvalue weighted by atomic mass is 9.93. The van der Waals surface area contributed by atoms with Crippen molar-refractivity contribution >= 4 is 66.4 Å². The molecule has 296 valence electrons. The standard InChI is InChI=1S/C60H40N2O/c1-3-13-41(14-4-1)44-25-31-49(32-26-44)61(56-24-12-20-46-18-9-10-22-53(46)56)52-36-37-54-55-23-11-21-47-30-38-57(60(59(47)55)63-58(54)40-52)62(51-35-29-43-17-7-8-19-48(43)39-51)50-33-27-45(28-34-50)42-15-5-2-6-16-42/h1-40H. The summed E-state index contributed by atoms with van der Waals surface area (Å²) >= 11 is 0. The van der Waals surface area contributed by atoms with Crippen LogP contribution in [0.2, 0.25) is 0 Å². The average Bonchev–Trinajstić information content (AvgIpc) is 3.36. The summed E-state index contributed by atoms with van der Waals surface area (Å²) in [6.45, 7) is 0. The van der Waals surface area contributed by atoms with Gasteiger partial charge in [0.1, 0.15) is 5.75 Å². The van der Waals surface area contributed by atoms with Gasteiger partial charge in [0.25, 0.3) is 0 Å².